The van der Waals surface area contributed by atoms with Crippen LogP contribution in [0.3, 0.4) is 0 Å². The number of rotatable bonds is 6. The summed E-state index contributed by atoms with van der Waals surface area (Å²) in [5.41, 5.74) is 0.954. The monoisotopic (exact) mass is 295 g/mol. The molecule has 1 aromatic carbocycles. The lowest BCUT2D eigenvalue weighted by atomic mass is 10.2. The van der Waals surface area contributed by atoms with Gasteiger partial charge in [-0.2, -0.15) is 5.10 Å². The molecule has 3 aromatic rings. The molecule has 2 heterocycles. The fourth-order valence-electron chi connectivity index (χ4n) is 2.15. The highest BCUT2D eigenvalue weighted by Crippen LogP contribution is 2.13. The molecule has 0 atom stereocenters. The van der Waals surface area contributed by atoms with Gasteiger partial charge in [0.1, 0.15) is 12.4 Å². The normalized spacial score (nSPS) is 10.5. The molecule has 0 saturated carbocycles. The summed E-state index contributed by atoms with van der Waals surface area (Å²) in [6.07, 6.45) is 3.41. The van der Waals surface area contributed by atoms with Gasteiger partial charge in [-0.05, 0) is 24.3 Å². The first-order valence-electron chi connectivity index (χ1n) is 7.15. The Balaban J connectivity index is 1.45. The Labute approximate surface area is 128 Å². The number of hydrogen-bond acceptors (Lipinski definition) is 4. The van der Waals surface area contributed by atoms with Crippen LogP contribution in [0, 0.1) is 0 Å². The van der Waals surface area contributed by atoms with E-state index in [4.69, 9.17) is 0 Å². The van der Waals surface area contributed by atoms with E-state index in [1.807, 2.05) is 36.4 Å². The lowest BCUT2D eigenvalue weighted by molar-refractivity contribution is -0.121. The van der Waals surface area contributed by atoms with E-state index in [1.54, 1.807) is 23.1 Å². The minimum Gasteiger partial charge on any atom is -0.368 e. The molecule has 0 bridgehead atoms. The number of nitrogens with zero attached hydrogens (tertiary/aromatic N) is 3. The van der Waals surface area contributed by atoms with Crippen LogP contribution >= 0.6 is 0 Å². The molecule has 0 saturated heterocycles. The van der Waals surface area contributed by atoms with E-state index in [0.29, 0.717) is 13.1 Å². The molecule has 0 unspecified atom stereocenters. The molecule has 6 heteroatoms. The van der Waals surface area contributed by atoms with Crippen LogP contribution in [-0.4, -0.2) is 33.8 Å². The van der Waals surface area contributed by atoms with Crippen LogP contribution in [-0.2, 0) is 11.3 Å². The topological polar surface area (TPSA) is 71.8 Å². The lowest BCUT2D eigenvalue weighted by Crippen LogP contribution is -2.31. The molecular formula is C16H17N5O. The molecule has 1 amide bonds. The van der Waals surface area contributed by atoms with Crippen LogP contribution in [0.15, 0.2) is 54.9 Å². The van der Waals surface area contributed by atoms with Gasteiger partial charge in [0, 0.05) is 30.9 Å². The largest absolute Gasteiger partial charge is 0.368 e. The number of nitrogens with one attached hydrogen (secondary N) is 2. The SMILES string of the molecule is O=C(Cn1cccn1)NCCNc1ccc2ccccc2n1. The van der Waals surface area contributed by atoms with Gasteiger partial charge in [0.15, 0.2) is 0 Å². The lowest BCUT2D eigenvalue weighted by Gasteiger charge is -2.08. The van der Waals surface area contributed by atoms with E-state index < -0.39 is 0 Å². The van der Waals surface area contributed by atoms with E-state index >= 15 is 0 Å². The van der Waals surface area contributed by atoms with Gasteiger partial charge in [-0.15, -0.1) is 0 Å². The minimum absolute atomic E-state index is 0.0584. The van der Waals surface area contributed by atoms with Crippen LogP contribution < -0.4 is 10.6 Å². The molecule has 6 nitrogen and oxygen atoms in total. The van der Waals surface area contributed by atoms with Crippen molar-refractivity contribution in [1.29, 1.82) is 0 Å². The van der Waals surface area contributed by atoms with E-state index in [9.17, 15) is 4.79 Å². The first-order valence-corrected chi connectivity index (χ1v) is 7.15. The Kier molecular flexibility index (Phi) is 4.29. The van der Waals surface area contributed by atoms with Gasteiger partial charge in [-0.1, -0.05) is 18.2 Å². The van der Waals surface area contributed by atoms with Crippen molar-refractivity contribution < 1.29 is 4.79 Å². The second-order valence-corrected chi connectivity index (χ2v) is 4.87. The van der Waals surface area contributed by atoms with Crippen LogP contribution in [0.2, 0.25) is 0 Å². The van der Waals surface area contributed by atoms with Gasteiger partial charge in [0.25, 0.3) is 0 Å². The molecule has 2 aromatic heterocycles. The van der Waals surface area contributed by atoms with Crippen molar-refractivity contribution in [2.24, 2.45) is 0 Å². The number of carbonyl (C=O) groups excluding carboxylic acids is 1. The predicted octanol–water partition coefficient (Wildman–Crippen LogP) is 1.66. The van der Waals surface area contributed by atoms with Crippen molar-refractivity contribution in [2.45, 2.75) is 6.54 Å². The van der Waals surface area contributed by atoms with Crippen LogP contribution in [0.4, 0.5) is 5.82 Å². The number of carbonyl (C=O) groups is 1. The van der Waals surface area contributed by atoms with Crippen molar-refractivity contribution in [2.75, 3.05) is 18.4 Å². The third kappa shape index (κ3) is 3.60. The number of benzene rings is 1. The number of amides is 1. The standard InChI is InChI=1S/C16H17N5O/c22-16(12-21-11-3-8-19-21)18-10-9-17-15-7-6-13-4-1-2-5-14(13)20-15/h1-8,11H,9-10,12H2,(H,17,20)(H,18,22). The molecule has 22 heavy (non-hydrogen) atoms. The maximum atomic E-state index is 11.7. The zero-order chi connectivity index (χ0) is 15.2. The fraction of sp³-hybridized carbons (Fsp3) is 0.188. The maximum absolute atomic E-state index is 11.7. The minimum atomic E-state index is -0.0584. The first-order chi connectivity index (χ1) is 10.8. The van der Waals surface area contributed by atoms with Gasteiger partial charge < -0.3 is 10.6 Å². The Morgan fingerprint density at radius 2 is 2.00 bits per heavy atom. The fourth-order valence-corrected chi connectivity index (χ4v) is 2.15. The Bertz CT molecular complexity index is 754. The Hall–Kier alpha value is -2.89. The van der Waals surface area contributed by atoms with E-state index in [0.717, 1.165) is 16.7 Å². The van der Waals surface area contributed by atoms with Crippen molar-refractivity contribution in [3.8, 4) is 0 Å². The molecule has 0 fully saturated rings. The molecule has 0 aliphatic heterocycles. The Morgan fingerprint density at radius 3 is 2.86 bits per heavy atom. The van der Waals surface area contributed by atoms with Gasteiger partial charge in [-0.3, -0.25) is 9.48 Å². The summed E-state index contributed by atoms with van der Waals surface area (Å²) in [4.78, 5) is 16.2. The van der Waals surface area contributed by atoms with E-state index in [2.05, 4.69) is 20.7 Å². The molecule has 0 aliphatic carbocycles. The zero-order valence-corrected chi connectivity index (χ0v) is 12.1. The maximum Gasteiger partial charge on any atom is 0.241 e. The summed E-state index contributed by atoms with van der Waals surface area (Å²) in [6, 6.07) is 13.7. The van der Waals surface area contributed by atoms with E-state index in [-0.39, 0.29) is 12.5 Å². The number of aromatic nitrogens is 3. The number of hydrogen-bond donors (Lipinski definition) is 2. The highest BCUT2D eigenvalue weighted by Gasteiger charge is 2.02. The van der Waals surface area contributed by atoms with Gasteiger partial charge >= 0.3 is 0 Å². The quantitative estimate of drug-likeness (QED) is 0.678. The summed E-state index contributed by atoms with van der Waals surface area (Å²) in [7, 11) is 0. The molecule has 2 N–H and O–H groups in total. The number of para-hydroxylation sites is 1. The summed E-state index contributed by atoms with van der Waals surface area (Å²) < 4.78 is 1.59. The van der Waals surface area contributed by atoms with Crippen LogP contribution in [0.1, 0.15) is 0 Å². The van der Waals surface area contributed by atoms with Crippen LogP contribution in [0.25, 0.3) is 10.9 Å². The summed E-state index contributed by atoms with van der Waals surface area (Å²) in [5, 5.41) is 11.1. The third-order valence-corrected chi connectivity index (χ3v) is 3.22. The van der Waals surface area contributed by atoms with E-state index in [1.165, 1.54) is 0 Å². The molecular weight excluding hydrogens is 278 g/mol. The number of pyridine rings is 1. The van der Waals surface area contributed by atoms with Crippen molar-refractivity contribution in [1.82, 2.24) is 20.1 Å². The second-order valence-electron chi connectivity index (χ2n) is 4.87. The average Bonchev–Trinajstić information content (AvgIpc) is 3.04. The molecule has 0 aliphatic rings. The van der Waals surface area contributed by atoms with Crippen molar-refractivity contribution in [3.63, 3.8) is 0 Å². The zero-order valence-electron chi connectivity index (χ0n) is 12.1. The highest BCUT2D eigenvalue weighted by atomic mass is 16.2. The summed E-state index contributed by atoms with van der Waals surface area (Å²) >= 11 is 0. The second kappa shape index (κ2) is 6.71. The average molecular weight is 295 g/mol. The van der Waals surface area contributed by atoms with Crippen molar-refractivity contribution in [3.05, 3.63) is 54.9 Å². The molecule has 3 rings (SSSR count). The first kappa shape index (κ1) is 14.1. The smallest absolute Gasteiger partial charge is 0.241 e. The summed E-state index contributed by atoms with van der Waals surface area (Å²) in [5.74, 6) is 0.747. The van der Waals surface area contributed by atoms with Crippen LogP contribution in [0.5, 0.6) is 0 Å². The van der Waals surface area contributed by atoms with Gasteiger partial charge in [-0.25, -0.2) is 4.98 Å². The molecule has 112 valence electrons. The molecule has 0 radical (unpaired) electrons. The Morgan fingerprint density at radius 1 is 1.09 bits per heavy atom. The van der Waals surface area contributed by atoms with Gasteiger partial charge in [0.2, 0.25) is 5.91 Å². The van der Waals surface area contributed by atoms with Crippen molar-refractivity contribution >= 4 is 22.6 Å². The molecule has 0 spiro atoms. The number of anilines is 1. The number of fused-ring (bicyclic) bond motifs is 1. The third-order valence-electron chi connectivity index (χ3n) is 3.22. The predicted molar refractivity (Wildman–Crippen MR) is 85.5 cm³/mol. The van der Waals surface area contributed by atoms with Gasteiger partial charge in [0.05, 0.1) is 5.52 Å². The summed E-state index contributed by atoms with van der Waals surface area (Å²) in [6.45, 7) is 1.39. The highest BCUT2D eigenvalue weighted by molar-refractivity contribution is 5.80.